The average Bonchev–Trinajstić information content (AvgIpc) is 2.29. The number of nitrogens with one attached hydrogen (secondary N) is 1. The summed E-state index contributed by atoms with van der Waals surface area (Å²) in [4.78, 5) is 17.2. The minimum atomic E-state index is -1.05. The standard InChI is InChI=1S/C13H20ClN3O2/c1-8(2)11(7-17(3)4)16-12-5-9(13(18)19)10(14)6-15-12/h5-6,8,11H,7H2,1-4H3,(H,15,16)(H,18,19). The summed E-state index contributed by atoms with van der Waals surface area (Å²) in [5.74, 6) is -0.125. The highest BCUT2D eigenvalue weighted by Crippen LogP contribution is 2.19. The van der Waals surface area contributed by atoms with Crippen LogP contribution in [-0.2, 0) is 0 Å². The molecular weight excluding hydrogens is 266 g/mol. The van der Waals surface area contributed by atoms with E-state index >= 15 is 0 Å². The first-order valence-corrected chi connectivity index (χ1v) is 6.49. The fourth-order valence-electron chi connectivity index (χ4n) is 1.69. The van der Waals surface area contributed by atoms with Crippen LogP contribution in [0.25, 0.3) is 0 Å². The Morgan fingerprint density at radius 3 is 2.63 bits per heavy atom. The normalized spacial score (nSPS) is 12.8. The van der Waals surface area contributed by atoms with E-state index in [-0.39, 0.29) is 16.6 Å². The van der Waals surface area contributed by atoms with Gasteiger partial charge in [0.2, 0.25) is 0 Å². The number of hydrogen-bond acceptors (Lipinski definition) is 4. The number of halogens is 1. The van der Waals surface area contributed by atoms with Crippen molar-refractivity contribution in [2.75, 3.05) is 26.0 Å². The number of rotatable bonds is 6. The number of aromatic nitrogens is 1. The molecule has 0 bridgehead atoms. The molecule has 0 aromatic carbocycles. The summed E-state index contributed by atoms with van der Waals surface area (Å²) in [5.41, 5.74) is 0.0616. The molecule has 0 spiro atoms. The number of anilines is 1. The minimum absolute atomic E-state index is 0.0616. The Bertz CT molecular complexity index is 450. The van der Waals surface area contributed by atoms with E-state index in [4.69, 9.17) is 16.7 Å². The summed E-state index contributed by atoms with van der Waals surface area (Å²) in [5, 5.41) is 12.4. The lowest BCUT2D eigenvalue weighted by molar-refractivity contribution is 0.0697. The Balaban J connectivity index is 2.90. The Morgan fingerprint density at radius 2 is 2.16 bits per heavy atom. The van der Waals surface area contributed by atoms with Crippen molar-refractivity contribution in [2.24, 2.45) is 5.92 Å². The van der Waals surface area contributed by atoms with Crippen molar-refractivity contribution in [3.63, 3.8) is 0 Å². The van der Waals surface area contributed by atoms with Gasteiger partial charge >= 0.3 is 5.97 Å². The molecular formula is C13H20ClN3O2. The van der Waals surface area contributed by atoms with Crippen molar-refractivity contribution >= 4 is 23.4 Å². The Labute approximate surface area is 118 Å². The van der Waals surface area contributed by atoms with Crippen molar-refractivity contribution in [3.8, 4) is 0 Å². The van der Waals surface area contributed by atoms with Gasteiger partial charge in [-0.2, -0.15) is 0 Å². The molecule has 5 nitrogen and oxygen atoms in total. The van der Waals surface area contributed by atoms with E-state index in [1.165, 1.54) is 12.3 Å². The SMILES string of the molecule is CC(C)C(CN(C)C)Nc1cc(C(=O)O)c(Cl)cn1. The van der Waals surface area contributed by atoms with Crippen LogP contribution in [0.5, 0.6) is 0 Å². The van der Waals surface area contributed by atoms with Gasteiger partial charge in [-0.1, -0.05) is 25.4 Å². The van der Waals surface area contributed by atoms with Gasteiger partial charge in [0.1, 0.15) is 5.82 Å². The van der Waals surface area contributed by atoms with Gasteiger partial charge in [-0.05, 0) is 26.1 Å². The number of likely N-dealkylation sites (N-methyl/N-ethyl adjacent to an activating group) is 1. The minimum Gasteiger partial charge on any atom is -0.478 e. The van der Waals surface area contributed by atoms with Gasteiger partial charge in [-0.15, -0.1) is 0 Å². The third kappa shape index (κ3) is 4.69. The molecule has 1 atom stereocenters. The topological polar surface area (TPSA) is 65.5 Å². The fourth-order valence-corrected chi connectivity index (χ4v) is 1.87. The van der Waals surface area contributed by atoms with Crippen molar-refractivity contribution in [2.45, 2.75) is 19.9 Å². The lowest BCUT2D eigenvalue weighted by atomic mass is 10.0. The first-order valence-electron chi connectivity index (χ1n) is 6.11. The number of nitrogens with zero attached hydrogens (tertiary/aromatic N) is 2. The Morgan fingerprint density at radius 1 is 1.53 bits per heavy atom. The van der Waals surface area contributed by atoms with Crippen LogP contribution < -0.4 is 5.32 Å². The zero-order valence-electron chi connectivity index (χ0n) is 11.6. The van der Waals surface area contributed by atoms with Crippen LogP contribution in [-0.4, -0.2) is 47.6 Å². The number of carboxylic acids is 1. The van der Waals surface area contributed by atoms with Crippen LogP contribution >= 0.6 is 11.6 Å². The molecule has 1 unspecified atom stereocenters. The lowest BCUT2D eigenvalue weighted by Crippen LogP contribution is -2.36. The molecule has 0 aliphatic rings. The van der Waals surface area contributed by atoms with E-state index in [0.717, 1.165) is 6.54 Å². The van der Waals surface area contributed by atoms with Crippen LogP contribution in [0.3, 0.4) is 0 Å². The highest BCUT2D eigenvalue weighted by Gasteiger charge is 2.16. The van der Waals surface area contributed by atoms with E-state index in [1.54, 1.807) is 0 Å². The molecule has 6 heteroatoms. The molecule has 0 aliphatic carbocycles. The highest BCUT2D eigenvalue weighted by atomic mass is 35.5. The van der Waals surface area contributed by atoms with Gasteiger partial charge in [-0.3, -0.25) is 0 Å². The number of hydrogen-bond donors (Lipinski definition) is 2. The average molecular weight is 286 g/mol. The van der Waals surface area contributed by atoms with Crippen LogP contribution in [0, 0.1) is 5.92 Å². The molecule has 0 aliphatic heterocycles. The molecule has 2 N–H and O–H groups in total. The zero-order chi connectivity index (χ0) is 14.6. The second kappa shape index (κ2) is 6.73. The first kappa shape index (κ1) is 15.7. The van der Waals surface area contributed by atoms with Gasteiger partial charge in [0, 0.05) is 18.8 Å². The second-order valence-corrected chi connectivity index (χ2v) is 5.52. The summed E-state index contributed by atoms with van der Waals surface area (Å²) in [6.07, 6.45) is 1.36. The predicted molar refractivity (Wildman–Crippen MR) is 77.0 cm³/mol. The van der Waals surface area contributed by atoms with E-state index in [0.29, 0.717) is 11.7 Å². The van der Waals surface area contributed by atoms with E-state index < -0.39 is 5.97 Å². The largest absolute Gasteiger partial charge is 0.478 e. The second-order valence-electron chi connectivity index (χ2n) is 5.11. The summed E-state index contributed by atoms with van der Waals surface area (Å²) >= 11 is 5.80. The molecule has 0 amide bonds. The van der Waals surface area contributed by atoms with Crippen molar-refractivity contribution in [1.29, 1.82) is 0 Å². The molecule has 1 heterocycles. The van der Waals surface area contributed by atoms with E-state index in [2.05, 4.69) is 29.0 Å². The number of carbonyl (C=O) groups is 1. The van der Waals surface area contributed by atoms with E-state index in [9.17, 15) is 4.79 Å². The summed E-state index contributed by atoms with van der Waals surface area (Å²) in [6, 6.07) is 1.65. The monoisotopic (exact) mass is 285 g/mol. The molecule has 106 valence electrons. The summed E-state index contributed by atoms with van der Waals surface area (Å²) in [7, 11) is 3.99. The molecule has 0 saturated heterocycles. The zero-order valence-corrected chi connectivity index (χ0v) is 12.4. The molecule has 1 aromatic rings. The molecule has 1 rings (SSSR count). The van der Waals surface area contributed by atoms with Crippen molar-refractivity contribution in [1.82, 2.24) is 9.88 Å². The Hall–Kier alpha value is -1.33. The van der Waals surface area contributed by atoms with Crippen LogP contribution in [0.15, 0.2) is 12.3 Å². The summed E-state index contributed by atoms with van der Waals surface area (Å²) < 4.78 is 0. The van der Waals surface area contributed by atoms with Crippen LogP contribution in [0.4, 0.5) is 5.82 Å². The van der Waals surface area contributed by atoms with Crippen molar-refractivity contribution < 1.29 is 9.90 Å². The quantitative estimate of drug-likeness (QED) is 0.840. The maximum atomic E-state index is 11.0. The highest BCUT2D eigenvalue weighted by molar-refractivity contribution is 6.33. The number of carboxylic acid groups (broad SMARTS) is 1. The van der Waals surface area contributed by atoms with Gasteiger partial charge < -0.3 is 15.3 Å². The number of aromatic carboxylic acids is 1. The lowest BCUT2D eigenvalue weighted by Gasteiger charge is -2.26. The molecule has 0 saturated carbocycles. The van der Waals surface area contributed by atoms with Gasteiger partial charge in [0.05, 0.1) is 10.6 Å². The van der Waals surface area contributed by atoms with Gasteiger partial charge in [0.25, 0.3) is 0 Å². The molecule has 1 aromatic heterocycles. The maximum absolute atomic E-state index is 11.0. The van der Waals surface area contributed by atoms with E-state index in [1.807, 2.05) is 14.1 Å². The third-order valence-corrected chi connectivity index (χ3v) is 3.09. The van der Waals surface area contributed by atoms with Crippen molar-refractivity contribution in [3.05, 3.63) is 22.8 Å². The molecule has 19 heavy (non-hydrogen) atoms. The van der Waals surface area contributed by atoms with Crippen LogP contribution in [0.2, 0.25) is 5.02 Å². The van der Waals surface area contributed by atoms with Crippen LogP contribution in [0.1, 0.15) is 24.2 Å². The van der Waals surface area contributed by atoms with Gasteiger partial charge in [-0.25, -0.2) is 9.78 Å². The van der Waals surface area contributed by atoms with Gasteiger partial charge in [0.15, 0.2) is 0 Å². The third-order valence-electron chi connectivity index (χ3n) is 2.79. The predicted octanol–water partition coefficient (Wildman–Crippen LogP) is 2.43. The maximum Gasteiger partial charge on any atom is 0.337 e. The molecule has 0 radical (unpaired) electrons. The number of pyridine rings is 1. The summed E-state index contributed by atoms with van der Waals surface area (Å²) in [6.45, 7) is 5.05. The molecule has 0 fully saturated rings. The fraction of sp³-hybridized carbons (Fsp3) is 0.538. The Kier molecular flexibility index (Phi) is 5.57. The smallest absolute Gasteiger partial charge is 0.337 e. The first-order chi connectivity index (χ1) is 8.81.